The Labute approximate surface area is 85.4 Å². The highest BCUT2D eigenvalue weighted by molar-refractivity contribution is 6.07. The molecule has 2 N–H and O–H groups in total. The van der Waals surface area contributed by atoms with Crippen LogP contribution in [0.25, 0.3) is 10.8 Å². The van der Waals surface area contributed by atoms with Gasteiger partial charge >= 0.3 is 0 Å². The van der Waals surface area contributed by atoms with Crippen LogP contribution in [0.3, 0.4) is 0 Å². The molecular formula is C11H7N3O. The van der Waals surface area contributed by atoms with Gasteiger partial charge in [-0.05, 0) is 23.6 Å². The predicted octanol–water partition coefficient (Wildman–Crippen LogP) is 2.67. The Hall–Kier alpha value is -2.23. The molecule has 1 amide bonds. The van der Waals surface area contributed by atoms with Gasteiger partial charge in [0.15, 0.2) is 0 Å². The van der Waals surface area contributed by atoms with Crippen LogP contribution in [-0.2, 0) is 0 Å². The minimum Gasteiger partial charge on any atom is -0.366 e. The molecule has 0 saturated carbocycles. The molecule has 0 fully saturated rings. The lowest BCUT2D eigenvalue weighted by Crippen LogP contribution is -2.10. The molecule has 1 aliphatic rings. The number of carbonyl (C=O) groups excluding carboxylic acids is 1. The van der Waals surface area contributed by atoms with Gasteiger partial charge in [0.2, 0.25) is 5.91 Å². The van der Waals surface area contributed by atoms with Crippen molar-refractivity contribution in [2.75, 3.05) is 0 Å². The topological polar surface area (TPSA) is 67.8 Å². The van der Waals surface area contributed by atoms with E-state index >= 15 is 0 Å². The fourth-order valence-electron chi connectivity index (χ4n) is 1.80. The number of hydrogen-bond acceptors (Lipinski definition) is 3. The van der Waals surface area contributed by atoms with E-state index in [-0.39, 0.29) is 0 Å². The summed E-state index contributed by atoms with van der Waals surface area (Å²) in [5.74, 6) is -0.444. The van der Waals surface area contributed by atoms with Crippen molar-refractivity contribution in [1.82, 2.24) is 0 Å². The lowest BCUT2D eigenvalue weighted by Gasteiger charge is -2.01. The Morgan fingerprint density at radius 1 is 1.13 bits per heavy atom. The van der Waals surface area contributed by atoms with Gasteiger partial charge in [0.05, 0.1) is 11.4 Å². The average molecular weight is 197 g/mol. The molecule has 0 spiro atoms. The summed E-state index contributed by atoms with van der Waals surface area (Å²) < 4.78 is 0. The van der Waals surface area contributed by atoms with Gasteiger partial charge in [-0.3, -0.25) is 4.79 Å². The summed E-state index contributed by atoms with van der Waals surface area (Å²) >= 11 is 0. The minimum atomic E-state index is -0.444. The van der Waals surface area contributed by atoms with Crippen LogP contribution in [0.15, 0.2) is 40.6 Å². The molecule has 0 aliphatic carbocycles. The maximum absolute atomic E-state index is 11.1. The number of carbonyl (C=O) groups is 1. The van der Waals surface area contributed by atoms with E-state index in [9.17, 15) is 4.79 Å². The van der Waals surface area contributed by atoms with Crippen molar-refractivity contribution in [3.8, 4) is 0 Å². The summed E-state index contributed by atoms with van der Waals surface area (Å²) in [6.45, 7) is 0. The number of primary amides is 1. The fourth-order valence-corrected chi connectivity index (χ4v) is 1.80. The van der Waals surface area contributed by atoms with Gasteiger partial charge < -0.3 is 5.73 Å². The Balaban J connectivity index is 2.45. The molecule has 0 aromatic heterocycles. The Morgan fingerprint density at radius 3 is 2.73 bits per heavy atom. The molecule has 72 valence electrons. The molecule has 2 aromatic rings. The Morgan fingerprint density at radius 2 is 1.93 bits per heavy atom. The van der Waals surface area contributed by atoms with Crippen LogP contribution >= 0.6 is 0 Å². The summed E-state index contributed by atoms with van der Waals surface area (Å²) in [5.41, 5.74) is 7.27. The van der Waals surface area contributed by atoms with Crippen molar-refractivity contribution in [2.45, 2.75) is 0 Å². The summed E-state index contributed by atoms with van der Waals surface area (Å²) in [6.07, 6.45) is 0. The van der Waals surface area contributed by atoms with E-state index in [1.165, 1.54) is 0 Å². The smallest absolute Gasteiger partial charge is 0.248 e. The van der Waals surface area contributed by atoms with E-state index < -0.39 is 5.91 Å². The van der Waals surface area contributed by atoms with Crippen LogP contribution in [0, 0.1) is 0 Å². The first-order valence-corrected chi connectivity index (χ1v) is 4.54. The molecule has 0 saturated heterocycles. The summed E-state index contributed by atoms with van der Waals surface area (Å²) in [4.78, 5) is 11.1. The summed E-state index contributed by atoms with van der Waals surface area (Å²) in [7, 11) is 0. The van der Waals surface area contributed by atoms with Crippen LogP contribution in [-0.4, -0.2) is 5.91 Å². The van der Waals surface area contributed by atoms with Gasteiger partial charge in [-0.1, -0.05) is 12.1 Å². The molecule has 4 nitrogen and oxygen atoms in total. The second-order valence-corrected chi connectivity index (χ2v) is 3.43. The SMILES string of the molecule is NC(=O)c1cc2c3c(cccc3c1)N=N2. The van der Waals surface area contributed by atoms with Crippen LogP contribution in [0.4, 0.5) is 11.4 Å². The molecule has 15 heavy (non-hydrogen) atoms. The van der Waals surface area contributed by atoms with Crippen molar-refractivity contribution in [3.05, 3.63) is 35.9 Å². The van der Waals surface area contributed by atoms with E-state index in [0.717, 1.165) is 22.1 Å². The van der Waals surface area contributed by atoms with Crippen molar-refractivity contribution in [1.29, 1.82) is 0 Å². The highest BCUT2D eigenvalue weighted by Crippen LogP contribution is 2.40. The third kappa shape index (κ3) is 1.05. The molecule has 0 bridgehead atoms. The second-order valence-electron chi connectivity index (χ2n) is 3.43. The van der Waals surface area contributed by atoms with E-state index in [1.807, 2.05) is 18.2 Å². The molecule has 0 unspecified atom stereocenters. The summed E-state index contributed by atoms with van der Waals surface area (Å²) in [5, 5.41) is 9.96. The monoisotopic (exact) mass is 197 g/mol. The van der Waals surface area contributed by atoms with Gasteiger partial charge in [-0.2, -0.15) is 0 Å². The van der Waals surface area contributed by atoms with Crippen molar-refractivity contribution in [2.24, 2.45) is 16.0 Å². The third-order valence-electron chi connectivity index (χ3n) is 2.48. The Bertz CT molecular complexity index is 617. The highest BCUT2D eigenvalue weighted by Gasteiger charge is 2.14. The number of nitrogens with two attached hydrogens (primary N) is 1. The molecule has 4 heteroatoms. The number of azo groups is 1. The van der Waals surface area contributed by atoms with Gasteiger partial charge in [0.1, 0.15) is 0 Å². The normalized spacial score (nSPS) is 12.3. The number of amides is 1. The first-order valence-electron chi connectivity index (χ1n) is 4.54. The van der Waals surface area contributed by atoms with Crippen molar-refractivity contribution < 1.29 is 4.79 Å². The molecular weight excluding hydrogens is 190 g/mol. The van der Waals surface area contributed by atoms with Crippen LogP contribution in [0.2, 0.25) is 0 Å². The molecule has 1 aliphatic heterocycles. The predicted molar refractivity (Wildman–Crippen MR) is 56.6 cm³/mol. The lowest BCUT2D eigenvalue weighted by atomic mass is 10.0. The molecule has 0 atom stereocenters. The van der Waals surface area contributed by atoms with E-state index in [0.29, 0.717) is 5.56 Å². The van der Waals surface area contributed by atoms with Crippen LogP contribution in [0.5, 0.6) is 0 Å². The van der Waals surface area contributed by atoms with Crippen molar-refractivity contribution in [3.63, 3.8) is 0 Å². The first kappa shape index (κ1) is 8.11. The minimum absolute atomic E-state index is 0.444. The molecule has 1 heterocycles. The zero-order valence-corrected chi connectivity index (χ0v) is 7.77. The standard InChI is InChI=1S/C11H7N3O/c12-11(15)7-4-6-2-1-3-8-10(6)9(5-7)14-13-8/h1-5H,(H2,12,15). The third-order valence-corrected chi connectivity index (χ3v) is 2.48. The quantitative estimate of drug-likeness (QED) is 0.640. The molecule has 3 rings (SSSR count). The average Bonchev–Trinajstić information content (AvgIpc) is 2.64. The van der Waals surface area contributed by atoms with E-state index in [2.05, 4.69) is 10.2 Å². The number of hydrogen-bond donors (Lipinski definition) is 1. The Kier molecular flexibility index (Phi) is 1.42. The van der Waals surface area contributed by atoms with Crippen molar-refractivity contribution >= 4 is 28.1 Å². The maximum Gasteiger partial charge on any atom is 0.248 e. The van der Waals surface area contributed by atoms with Gasteiger partial charge in [-0.15, -0.1) is 10.2 Å². The fraction of sp³-hybridized carbons (Fsp3) is 0. The first-order chi connectivity index (χ1) is 7.25. The van der Waals surface area contributed by atoms with E-state index in [4.69, 9.17) is 5.73 Å². The second kappa shape index (κ2) is 2.63. The van der Waals surface area contributed by atoms with Crippen LogP contribution < -0.4 is 5.73 Å². The van der Waals surface area contributed by atoms with Gasteiger partial charge in [-0.25, -0.2) is 0 Å². The van der Waals surface area contributed by atoms with Gasteiger partial charge in [0.25, 0.3) is 0 Å². The molecule has 0 radical (unpaired) electrons. The number of rotatable bonds is 1. The number of nitrogens with zero attached hydrogens (tertiary/aromatic N) is 2. The maximum atomic E-state index is 11.1. The lowest BCUT2D eigenvalue weighted by molar-refractivity contribution is 0.100. The molecule has 2 aromatic carbocycles. The largest absolute Gasteiger partial charge is 0.366 e. The van der Waals surface area contributed by atoms with Gasteiger partial charge in [0, 0.05) is 10.9 Å². The summed E-state index contributed by atoms with van der Waals surface area (Å²) in [6, 6.07) is 9.14. The highest BCUT2D eigenvalue weighted by atomic mass is 16.1. The zero-order valence-electron chi connectivity index (χ0n) is 7.77. The number of benzene rings is 2. The zero-order chi connectivity index (χ0) is 10.4. The van der Waals surface area contributed by atoms with E-state index in [1.54, 1.807) is 12.1 Å². The van der Waals surface area contributed by atoms with Crippen LogP contribution in [0.1, 0.15) is 10.4 Å².